The third-order valence-electron chi connectivity index (χ3n) is 3.25. The molecule has 0 saturated carbocycles. The second kappa shape index (κ2) is 7.44. The summed E-state index contributed by atoms with van der Waals surface area (Å²) in [5.74, 6) is -0.163. The van der Waals surface area contributed by atoms with Gasteiger partial charge < -0.3 is 5.32 Å². The first-order valence-electron chi connectivity index (χ1n) is 6.72. The van der Waals surface area contributed by atoms with E-state index in [4.69, 9.17) is 0 Å². The van der Waals surface area contributed by atoms with Gasteiger partial charge in [-0.1, -0.05) is 39.3 Å². The molecule has 2 unspecified atom stereocenters. The molecular formula is C15H24FN. The second-order valence-corrected chi connectivity index (χ2v) is 4.57. The first-order chi connectivity index (χ1) is 8.21. The SMILES string of the molecule is CCCC(CC)NC(CC)c1ccc(F)cc1. The van der Waals surface area contributed by atoms with Crippen LogP contribution in [0.1, 0.15) is 58.1 Å². The molecule has 1 aromatic carbocycles. The second-order valence-electron chi connectivity index (χ2n) is 4.57. The molecule has 0 heterocycles. The molecule has 1 aromatic rings. The van der Waals surface area contributed by atoms with Crippen molar-refractivity contribution in [2.45, 2.75) is 58.5 Å². The predicted molar refractivity (Wildman–Crippen MR) is 71.6 cm³/mol. The zero-order valence-electron chi connectivity index (χ0n) is 11.2. The molecule has 2 atom stereocenters. The average Bonchev–Trinajstić information content (AvgIpc) is 2.36. The Labute approximate surface area is 104 Å². The van der Waals surface area contributed by atoms with E-state index >= 15 is 0 Å². The van der Waals surface area contributed by atoms with Gasteiger partial charge in [0.15, 0.2) is 0 Å². The van der Waals surface area contributed by atoms with Gasteiger partial charge in [0.25, 0.3) is 0 Å². The maximum absolute atomic E-state index is 12.9. The van der Waals surface area contributed by atoms with Crippen LogP contribution in [0.15, 0.2) is 24.3 Å². The minimum absolute atomic E-state index is 0.163. The van der Waals surface area contributed by atoms with E-state index in [0.29, 0.717) is 12.1 Å². The molecule has 0 bridgehead atoms. The predicted octanol–water partition coefficient (Wildman–Crippen LogP) is 4.45. The fourth-order valence-corrected chi connectivity index (χ4v) is 2.18. The van der Waals surface area contributed by atoms with Crippen LogP contribution < -0.4 is 5.32 Å². The zero-order chi connectivity index (χ0) is 12.7. The minimum Gasteiger partial charge on any atom is -0.307 e. The molecular weight excluding hydrogens is 213 g/mol. The van der Waals surface area contributed by atoms with Gasteiger partial charge in [-0.2, -0.15) is 0 Å². The van der Waals surface area contributed by atoms with E-state index < -0.39 is 0 Å². The van der Waals surface area contributed by atoms with Crippen LogP contribution in [0.5, 0.6) is 0 Å². The molecule has 17 heavy (non-hydrogen) atoms. The third-order valence-corrected chi connectivity index (χ3v) is 3.25. The van der Waals surface area contributed by atoms with E-state index in [1.807, 2.05) is 12.1 Å². The monoisotopic (exact) mass is 237 g/mol. The molecule has 96 valence electrons. The lowest BCUT2D eigenvalue weighted by molar-refractivity contribution is 0.394. The minimum atomic E-state index is -0.163. The Hall–Kier alpha value is -0.890. The summed E-state index contributed by atoms with van der Waals surface area (Å²) in [6.07, 6.45) is 4.58. The molecule has 0 aromatic heterocycles. The molecule has 0 radical (unpaired) electrons. The van der Waals surface area contributed by atoms with Crippen molar-refractivity contribution in [3.05, 3.63) is 35.6 Å². The molecule has 0 spiro atoms. The largest absolute Gasteiger partial charge is 0.307 e. The van der Waals surface area contributed by atoms with Gasteiger partial charge in [-0.3, -0.25) is 0 Å². The normalized spacial score (nSPS) is 14.6. The summed E-state index contributed by atoms with van der Waals surface area (Å²) >= 11 is 0. The number of hydrogen-bond donors (Lipinski definition) is 1. The topological polar surface area (TPSA) is 12.0 Å². The number of benzene rings is 1. The molecule has 0 aliphatic rings. The summed E-state index contributed by atoms with van der Waals surface area (Å²) < 4.78 is 12.9. The molecule has 0 aliphatic carbocycles. The Morgan fingerprint density at radius 2 is 1.71 bits per heavy atom. The van der Waals surface area contributed by atoms with Gasteiger partial charge in [0, 0.05) is 12.1 Å². The van der Waals surface area contributed by atoms with Gasteiger partial charge in [0.2, 0.25) is 0 Å². The van der Waals surface area contributed by atoms with E-state index in [-0.39, 0.29) is 5.82 Å². The smallest absolute Gasteiger partial charge is 0.123 e. The maximum atomic E-state index is 12.9. The van der Waals surface area contributed by atoms with Crippen molar-refractivity contribution >= 4 is 0 Å². The van der Waals surface area contributed by atoms with Gasteiger partial charge in [0.1, 0.15) is 5.82 Å². The highest BCUT2D eigenvalue weighted by molar-refractivity contribution is 5.19. The molecule has 1 rings (SSSR count). The summed E-state index contributed by atoms with van der Waals surface area (Å²) in [5.41, 5.74) is 1.18. The van der Waals surface area contributed by atoms with Crippen LogP contribution >= 0.6 is 0 Å². The van der Waals surface area contributed by atoms with Crippen LogP contribution in [0.25, 0.3) is 0 Å². The van der Waals surface area contributed by atoms with Gasteiger partial charge >= 0.3 is 0 Å². The van der Waals surface area contributed by atoms with E-state index in [9.17, 15) is 4.39 Å². The maximum Gasteiger partial charge on any atom is 0.123 e. The number of rotatable bonds is 7. The highest BCUT2D eigenvalue weighted by atomic mass is 19.1. The Kier molecular flexibility index (Phi) is 6.20. The number of nitrogens with one attached hydrogen (secondary N) is 1. The van der Waals surface area contributed by atoms with Crippen LogP contribution in [0.3, 0.4) is 0 Å². The van der Waals surface area contributed by atoms with Crippen LogP contribution in [0.2, 0.25) is 0 Å². The lowest BCUT2D eigenvalue weighted by Gasteiger charge is -2.24. The van der Waals surface area contributed by atoms with Crippen LogP contribution in [0, 0.1) is 5.82 Å². The average molecular weight is 237 g/mol. The van der Waals surface area contributed by atoms with E-state index in [1.54, 1.807) is 12.1 Å². The Morgan fingerprint density at radius 3 is 2.18 bits per heavy atom. The molecule has 0 amide bonds. The van der Waals surface area contributed by atoms with Crippen molar-refractivity contribution in [1.29, 1.82) is 0 Å². The zero-order valence-corrected chi connectivity index (χ0v) is 11.2. The quantitative estimate of drug-likeness (QED) is 0.739. The molecule has 2 heteroatoms. The summed E-state index contributed by atoms with van der Waals surface area (Å²) in [4.78, 5) is 0. The van der Waals surface area contributed by atoms with E-state index in [1.165, 1.54) is 18.4 Å². The van der Waals surface area contributed by atoms with Gasteiger partial charge in [-0.05, 0) is 37.0 Å². The van der Waals surface area contributed by atoms with Crippen molar-refractivity contribution in [3.63, 3.8) is 0 Å². The molecule has 1 N–H and O–H groups in total. The first-order valence-corrected chi connectivity index (χ1v) is 6.72. The summed E-state index contributed by atoms with van der Waals surface area (Å²) in [6, 6.07) is 7.76. The lowest BCUT2D eigenvalue weighted by atomic mass is 10.0. The number of halogens is 1. The fourth-order valence-electron chi connectivity index (χ4n) is 2.18. The van der Waals surface area contributed by atoms with Crippen molar-refractivity contribution in [1.82, 2.24) is 5.32 Å². The Balaban J connectivity index is 2.67. The van der Waals surface area contributed by atoms with Crippen molar-refractivity contribution in [2.75, 3.05) is 0 Å². The highest BCUT2D eigenvalue weighted by Crippen LogP contribution is 2.19. The first kappa shape index (κ1) is 14.2. The summed E-state index contributed by atoms with van der Waals surface area (Å²) in [5, 5.41) is 3.67. The molecule has 0 saturated heterocycles. The fraction of sp³-hybridized carbons (Fsp3) is 0.600. The molecule has 0 aliphatic heterocycles. The highest BCUT2D eigenvalue weighted by Gasteiger charge is 2.13. The molecule has 0 fully saturated rings. The van der Waals surface area contributed by atoms with Crippen molar-refractivity contribution < 1.29 is 4.39 Å². The van der Waals surface area contributed by atoms with Gasteiger partial charge in [-0.25, -0.2) is 4.39 Å². The lowest BCUT2D eigenvalue weighted by Crippen LogP contribution is -2.32. The van der Waals surface area contributed by atoms with E-state index in [0.717, 1.165) is 12.8 Å². The van der Waals surface area contributed by atoms with Crippen molar-refractivity contribution in [3.8, 4) is 0 Å². The van der Waals surface area contributed by atoms with E-state index in [2.05, 4.69) is 26.1 Å². The standard InChI is InChI=1S/C15H24FN/c1-4-7-14(5-2)17-15(6-3)12-8-10-13(16)11-9-12/h8-11,14-15,17H,4-7H2,1-3H3. The van der Waals surface area contributed by atoms with Crippen molar-refractivity contribution in [2.24, 2.45) is 0 Å². The third kappa shape index (κ3) is 4.47. The Morgan fingerprint density at radius 1 is 1.06 bits per heavy atom. The van der Waals surface area contributed by atoms with Crippen LogP contribution in [0.4, 0.5) is 4.39 Å². The Bertz CT molecular complexity index is 307. The molecule has 1 nitrogen and oxygen atoms in total. The van der Waals surface area contributed by atoms with Gasteiger partial charge in [-0.15, -0.1) is 0 Å². The van der Waals surface area contributed by atoms with Gasteiger partial charge in [0.05, 0.1) is 0 Å². The summed E-state index contributed by atoms with van der Waals surface area (Å²) in [6.45, 7) is 6.59. The van der Waals surface area contributed by atoms with Crippen LogP contribution in [-0.4, -0.2) is 6.04 Å². The van der Waals surface area contributed by atoms with Crippen LogP contribution in [-0.2, 0) is 0 Å². The number of hydrogen-bond acceptors (Lipinski definition) is 1. The summed E-state index contributed by atoms with van der Waals surface area (Å²) in [7, 11) is 0.